The highest BCUT2D eigenvalue weighted by Crippen LogP contribution is 2.23. The van der Waals surface area contributed by atoms with Crippen molar-refractivity contribution in [2.24, 2.45) is 5.92 Å². The smallest absolute Gasteiger partial charge is 0.228 e. The molecule has 7 heteroatoms. The molecule has 1 atom stereocenters. The van der Waals surface area contributed by atoms with E-state index in [1.807, 2.05) is 0 Å². The molecule has 1 unspecified atom stereocenters. The molecule has 0 aliphatic carbocycles. The van der Waals surface area contributed by atoms with Gasteiger partial charge in [0.2, 0.25) is 5.91 Å². The van der Waals surface area contributed by atoms with Gasteiger partial charge in [0.05, 0.1) is 5.92 Å². The van der Waals surface area contributed by atoms with Crippen LogP contribution in [0.2, 0.25) is 0 Å². The van der Waals surface area contributed by atoms with E-state index in [4.69, 9.17) is 4.74 Å². The second-order valence-corrected chi connectivity index (χ2v) is 5.74. The first-order valence-electron chi connectivity index (χ1n) is 7.80. The number of anilines is 1. The molecule has 134 valence electrons. The predicted molar refractivity (Wildman–Crippen MR) is 94.0 cm³/mol. The topological polar surface area (TPSA) is 50.4 Å². The van der Waals surface area contributed by atoms with E-state index in [1.54, 1.807) is 18.2 Å². The van der Waals surface area contributed by atoms with Gasteiger partial charge in [-0.3, -0.25) is 4.79 Å². The summed E-state index contributed by atoms with van der Waals surface area (Å²) in [6, 6.07) is 10.2. The molecule has 2 aromatic carbocycles. The number of ether oxygens (including phenoxy) is 1. The maximum Gasteiger partial charge on any atom is 0.228 e. The Morgan fingerprint density at radius 3 is 2.76 bits per heavy atom. The van der Waals surface area contributed by atoms with Crippen molar-refractivity contribution in [2.45, 2.75) is 13.0 Å². The van der Waals surface area contributed by atoms with Gasteiger partial charge in [0.1, 0.15) is 12.4 Å². The van der Waals surface area contributed by atoms with Crippen molar-refractivity contribution >= 4 is 24.0 Å². The number of hydrogen-bond acceptors (Lipinski definition) is 3. The SMILES string of the molecule is Cl.O=C(Nc1ccc(OCc2cccc(F)c2)c(F)c1)C1CCNC1. The average Bonchev–Trinajstić information content (AvgIpc) is 3.09. The first-order valence-corrected chi connectivity index (χ1v) is 7.80. The van der Waals surface area contributed by atoms with Gasteiger partial charge in [-0.1, -0.05) is 12.1 Å². The lowest BCUT2D eigenvalue weighted by molar-refractivity contribution is -0.119. The van der Waals surface area contributed by atoms with E-state index in [2.05, 4.69) is 10.6 Å². The molecule has 1 fully saturated rings. The largest absolute Gasteiger partial charge is 0.486 e. The third kappa shape index (κ3) is 5.14. The Labute approximate surface area is 151 Å². The zero-order valence-electron chi connectivity index (χ0n) is 13.4. The lowest BCUT2D eigenvalue weighted by Gasteiger charge is -2.12. The second kappa shape index (κ2) is 8.78. The van der Waals surface area contributed by atoms with Gasteiger partial charge in [0.25, 0.3) is 0 Å². The van der Waals surface area contributed by atoms with Gasteiger partial charge in [-0.15, -0.1) is 12.4 Å². The molecule has 2 N–H and O–H groups in total. The van der Waals surface area contributed by atoms with Crippen LogP contribution in [0.4, 0.5) is 14.5 Å². The number of hydrogen-bond donors (Lipinski definition) is 2. The fraction of sp³-hybridized carbons (Fsp3) is 0.278. The van der Waals surface area contributed by atoms with E-state index < -0.39 is 5.82 Å². The molecule has 1 heterocycles. The van der Waals surface area contributed by atoms with Crippen molar-refractivity contribution in [3.8, 4) is 5.75 Å². The summed E-state index contributed by atoms with van der Waals surface area (Å²) in [5.74, 6) is -1.09. The van der Waals surface area contributed by atoms with Gasteiger partial charge in [-0.05, 0) is 42.8 Å². The van der Waals surface area contributed by atoms with Crippen LogP contribution in [-0.2, 0) is 11.4 Å². The van der Waals surface area contributed by atoms with Gasteiger partial charge in [-0.25, -0.2) is 8.78 Å². The van der Waals surface area contributed by atoms with Crippen molar-refractivity contribution in [2.75, 3.05) is 18.4 Å². The Morgan fingerprint density at radius 2 is 2.08 bits per heavy atom. The van der Waals surface area contributed by atoms with Crippen LogP contribution in [-0.4, -0.2) is 19.0 Å². The normalized spacial score (nSPS) is 16.2. The summed E-state index contributed by atoms with van der Waals surface area (Å²) >= 11 is 0. The standard InChI is InChI=1S/C18H18F2N2O2.ClH/c19-14-3-1-2-12(8-14)11-24-17-5-4-15(9-16(17)20)22-18(23)13-6-7-21-10-13;/h1-5,8-9,13,21H,6-7,10-11H2,(H,22,23);1H. The Balaban J connectivity index is 0.00000225. The summed E-state index contributed by atoms with van der Waals surface area (Å²) in [4.78, 5) is 12.0. The van der Waals surface area contributed by atoms with Crippen molar-refractivity contribution in [3.63, 3.8) is 0 Å². The first kappa shape index (κ1) is 19.1. The molecule has 1 aliphatic rings. The molecule has 1 saturated heterocycles. The minimum absolute atomic E-state index is 0. The van der Waals surface area contributed by atoms with Crippen molar-refractivity contribution < 1.29 is 18.3 Å². The van der Waals surface area contributed by atoms with Gasteiger partial charge in [-0.2, -0.15) is 0 Å². The maximum atomic E-state index is 14.1. The molecule has 0 saturated carbocycles. The maximum absolute atomic E-state index is 14.1. The highest BCUT2D eigenvalue weighted by Gasteiger charge is 2.22. The first-order chi connectivity index (χ1) is 11.6. The summed E-state index contributed by atoms with van der Waals surface area (Å²) in [5.41, 5.74) is 1.00. The number of carbonyl (C=O) groups is 1. The van der Waals surface area contributed by atoms with Gasteiger partial charge in [0, 0.05) is 18.3 Å². The second-order valence-electron chi connectivity index (χ2n) is 5.74. The Bertz CT molecular complexity index is 737. The number of rotatable bonds is 5. The molecule has 1 amide bonds. The van der Waals surface area contributed by atoms with Crippen LogP contribution in [0, 0.1) is 17.6 Å². The summed E-state index contributed by atoms with van der Waals surface area (Å²) < 4.78 is 32.6. The monoisotopic (exact) mass is 368 g/mol. The highest BCUT2D eigenvalue weighted by atomic mass is 35.5. The molecule has 4 nitrogen and oxygen atoms in total. The third-order valence-corrected chi connectivity index (χ3v) is 3.91. The molecule has 0 radical (unpaired) electrons. The quantitative estimate of drug-likeness (QED) is 0.849. The molecule has 0 aromatic heterocycles. The molecule has 1 aliphatic heterocycles. The molecule has 0 spiro atoms. The molecular weight excluding hydrogens is 350 g/mol. The summed E-state index contributed by atoms with van der Waals surface area (Å²) in [5, 5.41) is 5.82. The Hall–Kier alpha value is -2.18. The molecule has 3 rings (SSSR count). The molecule has 0 bridgehead atoms. The Morgan fingerprint density at radius 1 is 1.24 bits per heavy atom. The van der Waals surface area contributed by atoms with Crippen LogP contribution in [0.25, 0.3) is 0 Å². The van der Waals surface area contributed by atoms with E-state index in [0.717, 1.165) is 13.0 Å². The average molecular weight is 369 g/mol. The van der Waals surface area contributed by atoms with Gasteiger partial charge in [0.15, 0.2) is 11.6 Å². The molecular formula is C18H19ClF2N2O2. The predicted octanol–water partition coefficient (Wildman–Crippen LogP) is 3.51. The van der Waals surface area contributed by atoms with Crippen LogP contribution in [0.1, 0.15) is 12.0 Å². The lowest BCUT2D eigenvalue weighted by Crippen LogP contribution is -2.24. The van der Waals surface area contributed by atoms with Gasteiger partial charge < -0.3 is 15.4 Å². The number of halogens is 3. The van der Waals surface area contributed by atoms with Crippen molar-refractivity contribution in [1.82, 2.24) is 5.32 Å². The zero-order valence-corrected chi connectivity index (χ0v) is 14.2. The Kier molecular flexibility index (Phi) is 6.73. The fourth-order valence-electron chi connectivity index (χ4n) is 2.61. The summed E-state index contributed by atoms with van der Waals surface area (Å²) in [7, 11) is 0. The van der Waals surface area contributed by atoms with Gasteiger partial charge >= 0.3 is 0 Å². The van der Waals surface area contributed by atoms with E-state index in [9.17, 15) is 13.6 Å². The fourth-order valence-corrected chi connectivity index (χ4v) is 2.61. The summed E-state index contributed by atoms with van der Waals surface area (Å²) in [6.07, 6.45) is 0.781. The summed E-state index contributed by atoms with van der Waals surface area (Å²) in [6.45, 7) is 1.52. The van der Waals surface area contributed by atoms with E-state index in [1.165, 1.54) is 24.3 Å². The van der Waals surface area contributed by atoms with E-state index >= 15 is 0 Å². The van der Waals surface area contributed by atoms with Crippen LogP contribution in [0.15, 0.2) is 42.5 Å². The van der Waals surface area contributed by atoms with E-state index in [-0.39, 0.29) is 42.4 Å². The third-order valence-electron chi connectivity index (χ3n) is 3.91. The minimum atomic E-state index is -0.575. The molecule has 25 heavy (non-hydrogen) atoms. The van der Waals surface area contributed by atoms with Crippen molar-refractivity contribution in [3.05, 3.63) is 59.7 Å². The number of carbonyl (C=O) groups excluding carboxylic acids is 1. The van der Waals surface area contributed by atoms with Crippen LogP contribution < -0.4 is 15.4 Å². The van der Waals surface area contributed by atoms with Crippen LogP contribution >= 0.6 is 12.4 Å². The van der Waals surface area contributed by atoms with Crippen LogP contribution in [0.5, 0.6) is 5.75 Å². The number of benzene rings is 2. The highest BCUT2D eigenvalue weighted by molar-refractivity contribution is 5.92. The molecule has 2 aromatic rings. The number of nitrogens with one attached hydrogen (secondary N) is 2. The van der Waals surface area contributed by atoms with Crippen LogP contribution in [0.3, 0.4) is 0 Å². The lowest BCUT2D eigenvalue weighted by atomic mass is 10.1. The zero-order chi connectivity index (χ0) is 16.9. The van der Waals surface area contributed by atoms with E-state index in [0.29, 0.717) is 17.8 Å². The van der Waals surface area contributed by atoms with Crippen molar-refractivity contribution in [1.29, 1.82) is 0 Å². The minimum Gasteiger partial charge on any atom is -0.486 e. The number of amides is 1.